The van der Waals surface area contributed by atoms with Gasteiger partial charge in [0, 0.05) is 18.0 Å². The second-order valence-corrected chi connectivity index (χ2v) is 4.98. The number of nitrogens with one attached hydrogen (secondary N) is 1. The zero-order valence-electron chi connectivity index (χ0n) is 8.66. The summed E-state index contributed by atoms with van der Waals surface area (Å²) in [5, 5.41) is 3.34. The molecular formula is C11H17NS2. The topological polar surface area (TPSA) is 12.0 Å². The van der Waals surface area contributed by atoms with Crippen LogP contribution in [0.2, 0.25) is 0 Å². The average molecular weight is 227 g/mol. The van der Waals surface area contributed by atoms with E-state index in [1.54, 1.807) is 10.8 Å². The Bertz CT molecular complexity index is 256. The molecule has 1 nitrogen and oxygen atoms in total. The molecule has 0 bridgehead atoms. The summed E-state index contributed by atoms with van der Waals surface area (Å²) >= 11 is 4.09. The van der Waals surface area contributed by atoms with Gasteiger partial charge in [0.25, 0.3) is 0 Å². The molecule has 0 radical (unpaired) electrons. The zero-order chi connectivity index (χ0) is 10.4. The van der Waals surface area contributed by atoms with Crippen LogP contribution in [0.3, 0.4) is 0 Å². The van der Waals surface area contributed by atoms with Gasteiger partial charge in [-0.3, -0.25) is 0 Å². The molecule has 1 aromatic rings. The standard InChI is InChI=1S/C11H17NS2/c1-9(2)10-3-5-11(6-4-10)12-7-8-14-13/h3-6,9,12-13H,7-8H2,1-2H3. The maximum atomic E-state index is 4.09. The van der Waals surface area contributed by atoms with E-state index in [1.807, 2.05) is 0 Å². The summed E-state index contributed by atoms with van der Waals surface area (Å²) < 4.78 is 0. The molecular weight excluding hydrogens is 210 g/mol. The first-order valence-corrected chi connectivity index (χ1v) is 6.88. The SMILES string of the molecule is CC(C)c1ccc(NCCSS)cc1. The molecule has 1 N–H and O–H groups in total. The largest absolute Gasteiger partial charge is 0.384 e. The molecule has 0 aliphatic carbocycles. The molecule has 1 rings (SSSR count). The maximum Gasteiger partial charge on any atom is 0.0340 e. The molecule has 0 heterocycles. The minimum absolute atomic E-state index is 0.608. The molecule has 0 aliphatic rings. The van der Waals surface area contributed by atoms with Gasteiger partial charge in [-0.05, 0) is 23.6 Å². The van der Waals surface area contributed by atoms with Crippen molar-refractivity contribution in [1.82, 2.24) is 0 Å². The molecule has 3 heteroatoms. The number of benzene rings is 1. The third kappa shape index (κ3) is 3.84. The molecule has 0 aromatic heterocycles. The van der Waals surface area contributed by atoms with E-state index in [-0.39, 0.29) is 0 Å². The highest BCUT2D eigenvalue weighted by Gasteiger charge is 1.97. The molecule has 0 fully saturated rings. The summed E-state index contributed by atoms with van der Waals surface area (Å²) in [7, 11) is 1.56. The molecule has 0 atom stereocenters. The van der Waals surface area contributed by atoms with Crippen LogP contribution < -0.4 is 5.32 Å². The molecule has 0 spiro atoms. The minimum Gasteiger partial charge on any atom is -0.384 e. The van der Waals surface area contributed by atoms with E-state index < -0.39 is 0 Å². The van der Waals surface area contributed by atoms with E-state index in [0.29, 0.717) is 5.92 Å². The van der Waals surface area contributed by atoms with E-state index in [2.05, 4.69) is 55.1 Å². The van der Waals surface area contributed by atoms with Crippen molar-refractivity contribution in [1.29, 1.82) is 0 Å². The van der Waals surface area contributed by atoms with Gasteiger partial charge in [-0.25, -0.2) is 0 Å². The maximum absolute atomic E-state index is 4.09. The highest BCUT2D eigenvalue weighted by atomic mass is 33.1. The van der Waals surface area contributed by atoms with E-state index in [4.69, 9.17) is 0 Å². The van der Waals surface area contributed by atoms with Gasteiger partial charge in [0.2, 0.25) is 0 Å². The Morgan fingerprint density at radius 2 is 1.93 bits per heavy atom. The summed E-state index contributed by atoms with van der Waals surface area (Å²) in [4.78, 5) is 0. The minimum atomic E-state index is 0.608. The van der Waals surface area contributed by atoms with Crippen molar-refractivity contribution >= 4 is 28.1 Å². The molecule has 0 saturated heterocycles. The van der Waals surface area contributed by atoms with Crippen LogP contribution >= 0.6 is 22.5 Å². The number of rotatable bonds is 5. The molecule has 14 heavy (non-hydrogen) atoms. The van der Waals surface area contributed by atoms with Gasteiger partial charge in [0.15, 0.2) is 0 Å². The van der Waals surface area contributed by atoms with Crippen molar-refractivity contribution in [3.8, 4) is 0 Å². The monoisotopic (exact) mass is 227 g/mol. The molecule has 1 aromatic carbocycles. The number of anilines is 1. The first-order valence-electron chi connectivity index (χ1n) is 4.84. The van der Waals surface area contributed by atoms with Gasteiger partial charge in [-0.1, -0.05) is 36.8 Å². The molecule has 78 valence electrons. The van der Waals surface area contributed by atoms with Crippen LogP contribution in [0.25, 0.3) is 0 Å². The van der Waals surface area contributed by atoms with E-state index in [9.17, 15) is 0 Å². The summed E-state index contributed by atoms with van der Waals surface area (Å²) in [5.74, 6) is 1.63. The van der Waals surface area contributed by atoms with Crippen molar-refractivity contribution in [3.63, 3.8) is 0 Å². The highest BCUT2D eigenvalue weighted by molar-refractivity contribution is 8.68. The van der Waals surface area contributed by atoms with Crippen LogP contribution in [0, 0.1) is 0 Å². The van der Waals surface area contributed by atoms with Crippen molar-refractivity contribution < 1.29 is 0 Å². The van der Waals surface area contributed by atoms with Gasteiger partial charge < -0.3 is 5.32 Å². The fourth-order valence-corrected chi connectivity index (χ4v) is 1.69. The third-order valence-corrected chi connectivity index (χ3v) is 3.03. The Labute approximate surface area is 95.5 Å². The lowest BCUT2D eigenvalue weighted by atomic mass is 10.0. The number of thiol groups is 1. The predicted octanol–water partition coefficient (Wildman–Crippen LogP) is 3.80. The second kappa shape index (κ2) is 6.25. The van der Waals surface area contributed by atoms with Gasteiger partial charge in [-0.2, -0.15) is 0 Å². The summed E-state index contributed by atoms with van der Waals surface area (Å²) in [5.41, 5.74) is 2.58. The lowest BCUT2D eigenvalue weighted by Crippen LogP contribution is -2.03. The molecule has 0 amide bonds. The van der Waals surface area contributed by atoms with Crippen molar-refractivity contribution in [2.45, 2.75) is 19.8 Å². The summed E-state index contributed by atoms with van der Waals surface area (Å²) in [6, 6.07) is 8.64. The Kier molecular flexibility index (Phi) is 5.26. The summed E-state index contributed by atoms with van der Waals surface area (Å²) in [6.07, 6.45) is 0. The quantitative estimate of drug-likeness (QED) is 0.451. The Morgan fingerprint density at radius 3 is 2.43 bits per heavy atom. The smallest absolute Gasteiger partial charge is 0.0340 e. The van der Waals surface area contributed by atoms with Crippen LogP contribution in [-0.4, -0.2) is 12.3 Å². The van der Waals surface area contributed by atoms with Gasteiger partial charge in [-0.15, -0.1) is 11.7 Å². The normalized spacial score (nSPS) is 10.6. The fraction of sp³-hybridized carbons (Fsp3) is 0.455. The van der Waals surface area contributed by atoms with Crippen LogP contribution in [0.4, 0.5) is 5.69 Å². The van der Waals surface area contributed by atoms with Crippen LogP contribution in [-0.2, 0) is 0 Å². The molecule has 0 aliphatic heterocycles. The zero-order valence-corrected chi connectivity index (χ0v) is 10.4. The van der Waals surface area contributed by atoms with Gasteiger partial charge in [0.05, 0.1) is 0 Å². The molecule has 0 saturated carbocycles. The molecule has 0 unspecified atom stereocenters. The van der Waals surface area contributed by atoms with E-state index >= 15 is 0 Å². The van der Waals surface area contributed by atoms with Crippen molar-refractivity contribution in [2.24, 2.45) is 0 Å². The summed E-state index contributed by atoms with van der Waals surface area (Å²) in [6.45, 7) is 5.38. The fourth-order valence-electron chi connectivity index (χ4n) is 1.23. The lowest BCUT2D eigenvalue weighted by molar-refractivity contribution is 0.867. The predicted molar refractivity (Wildman–Crippen MR) is 70.5 cm³/mol. The Balaban J connectivity index is 2.47. The van der Waals surface area contributed by atoms with Crippen LogP contribution in [0.5, 0.6) is 0 Å². The van der Waals surface area contributed by atoms with E-state index in [0.717, 1.165) is 12.3 Å². The second-order valence-electron chi connectivity index (χ2n) is 3.54. The number of hydrogen-bond acceptors (Lipinski definition) is 3. The lowest BCUT2D eigenvalue weighted by Gasteiger charge is -2.08. The Morgan fingerprint density at radius 1 is 1.29 bits per heavy atom. The average Bonchev–Trinajstić information content (AvgIpc) is 2.19. The number of hydrogen-bond donors (Lipinski definition) is 2. The van der Waals surface area contributed by atoms with Gasteiger partial charge in [0.1, 0.15) is 0 Å². The van der Waals surface area contributed by atoms with Crippen LogP contribution in [0.15, 0.2) is 24.3 Å². The first kappa shape index (κ1) is 11.8. The van der Waals surface area contributed by atoms with Gasteiger partial charge >= 0.3 is 0 Å². The first-order chi connectivity index (χ1) is 6.74. The van der Waals surface area contributed by atoms with Crippen molar-refractivity contribution in [3.05, 3.63) is 29.8 Å². The third-order valence-electron chi connectivity index (χ3n) is 2.10. The van der Waals surface area contributed by atoms with Crippen LogP contribution in [0.1, 0.15) is 25.3 Å². The van der Waals surface area contributed by atoms with Crippen molar-refractivity contribution in [2.75, 3.05) is 17.6 Å². The van der Waals surface area contributed by atoms with E-state index in [1.165, 1.54) is 11.3 Å². The highest BCUT2D eigenvalue weighted by Crippen LogP contribution is 2.17. The Hall–Kier alpha value is -0.280.